The molecule has 0 saturated heterocycles. The zero-order valence-electron chi connectivity index (χ0n) is 18.3. The van der Waals surface area contributed by atoms with Crippen LogP contribution in [0.3, 0.4) is 0 Å². The van der Waals surface area contributed by atoms with Gasteiger partial charge in [-0.25, -0.2) is 0 Å². The van der Waals surface area contributed by atoms with Crippen LogP contribution in [-0.2, 0) is 23.1 Å². The molecule has 2 aromatic rings. The first kappa shape index (κ1) is 21.8. The van der Waals surface area contributed by atoms with Gasteiger partial charge in [0.15, 0.2) is 8.32 Å². The van der Waals surface area contributed by atoms with Gasteiger partial charge < -0.3 is 4.43 Å². The number of pyridine rings is 1. The lowest BCUT2D eigenvalue weighted by Gasteiger charge is -2.37. The van der Waals surface area contributed by atoms with Crippen LogP contribution in [0.2, 0.25) is 18.1 Å². The molecule has 0 aliphatic heterocycles. The van der Waals surface area contributed by atoms with Crippen molar-refractivity contribution in [3.63, 3.8) is 0 Å². The van der Waals surface area contributed by atoms with E-state index in [0.29, 0.717) is 6.61 Å². The summed E-state index contributed by atoms with van der Waals surface area (Å²) >= 11 is 0. The maximum Gasteiger partial charge on any atom is 0.192 e. The number of nitrogens with zero attached hydrogens (tertiary/aromatic N) is 2. The van der Waals surface area contributed by atoms with E-state index in [1.165, 1.54) is 5.56 Å². The monoisotopic (exact) mass is 384 g/mol. The Bertz CT molecular complexity index is 736. The van der Waals surface area contributed by atoms with Crippen molar-refractivity contribution in [3.8, 4) is 0 Å². The molecule has 4 heteroatoms. The Hall–Kier alpha value is -1.49. The lowest BCUT2D eigenvalue weighted by Crippen LogP contribution is -2.41. The van der Waals surface area contributed by atoms with Crippen molar-refractivity contribution in [1.82, 2.24) is 9.88 Å². The third kappa shape index (κ3) is 5.50. The van der Waals surface area contributed by atoms with Gasteiger partial charge in [-0.05, 0) is 56.7 Å². The molecule has 0 bridgehead atoms. The second-order valence-corrected chi connectivity index (χ2v) is 14.3. The second-order valence-electron chi connectivity index (χ2n) is 9.46. The Kier molecular flexibility index (Phi) is 6.66. The van der Waals surface area contributed by atoms with E-state index in [1.54, 1.807) is 0 Å². The zero-order valence-corrected chi connectivity index (χ0v) is 19.3. The van der Waals surface area contributed by atoms with E-state index in [-0.39, 0.29) is 10.6 Å². The molecule has 1 aromatic carbocycles. The van der Waals surface area contributed by atoms with Gasteiger partial charge in [0, 0.05) is 6.54 Å². The first-order valence-electron chi connectivity index (χ1n) is 9.79. The largest absolute Gasteiger partial charge is 0.411 e. The highest BCUT2D eigenvalue weighted by molar-refractivity contribution is 6.74. The Morgan fingerprint density at radius 2 is 1.56 bits per heavy atom. The lowest BCUT2D eigenvalue weighted by atomic mass is 9.96. The highest BCUT2D eigenvalue weighted by Crippen LogP contribution is 2.37. The van der Waals surface area contributed by atoms with Crippen LogP contribution < -0.4 is 0 Å². The maximum atomic E-state index is 6.37. The SMILES string of the molecule is CN(Cc1ccccc1)C(C)(C)c1cccc(CO[Si](C)(C)C(C)(C)C)n1. The molecular weight excluding hydrogens is 348 g/mol. The van der Waals surface area contributed by atoms with E-state index in [1.807, 2.05) is 0 Å². The summed E-state index contributed by atoms with van der Waals surface area (Å²) in [5, 5.41) is 0.208. The van der Waals surface area contributed by atoms with E-state index in [2.05, 4.69) is 108 Å². The smallest absolute Gasteiger partial charge is 0.192 e. The average molecular weight is 385 g/mol. The highest BCUT2D eigenvalue weighted by Gasteiger charge is 2.37. The van der Waals surface area contributed by atoms with Gasteiger partial charge in [-0.3, -0.25) is 9.88 Å². The molecule has 2 rings (SSSR count). The van der Waals surface area contributed by atoms with Crippen LogP contribution in [0.15, 0.2) is 48.5 Å². The summed E-state index contributed by atoms with van der Waals surface area (Å²) in [6, 6.07) is 16.9. The van der Waals surface area contributed by atoms with Crippen molar-refractivity contribution in [2.24, 2.45) is 0 Å². The molecule has 1 heterocycles. The minimum Gasteiger partial charge on any atom is -0.411 e. The number of aromatic nitrogens is 1. The number of hydrogen-bond acceptors (Lipinski definition) is 3. The fourth-order valence-electron chi connectivity index (χ4n) is 2.62. The summed E-state index contributed by atoms with van der Waals surface area (Å²) in [7, 11) is 0.386. The molecule has 0 radical (unpaired) electrons. The van der Waals surface area contributed by atoms with Gasteiger partial charge in [-0.15, -0.1) is 0 Å². The molecular formula is C23H36N2OSi. The van der Waals surface area contributed by atoms with E-state index in [4.69, 9.17) is 9.41 Å². The topological polar surface area (TPSA) is 25.4 Å². The van der Waals surface area contributed by atoms with Crippen LogP contribution in [0.5, 0.6) is 0 Å². The fraction of sp³-hybridized carbons (Fsp3) is 0.522. The highest BCUT2D eigenvalue weighted by atomic mass is 28.4. The maximum absolute atomic E-state index is 6.37. The van der Waals surface area contributed by atoms with Crippen LogP contribution in [0.4, 0.5) is 0 Å². The van der Waals surface area contributed by atoms with Crippen molar-refractivity contribution < 1.29 is 4.43 Å². The summed E-state index contributed by atoms with van der Waals surface area (Å²) in [6.07, 6.45) is 0. The molecule has 0 amide bonds. The Labute approximate surface area is 166 Å². The van der Waals surface area contributed by atoms with E-state index < -0.39 is 8.32 Å². The molecule has 0 aliphatic rings. The standard InChI is InChI=1S/C23H36N2OSi/c1-22(2,3)27(7,8)26-18-20-15-12-16-21(24-20)23(4,5)25(6)17-19-13-10-9-11-14-19/h9-16H,17-18H2,1-8H3. The van der Waals surface area contributed by atoms with Crippen LogP contribution in [0.25, 0.3) is 0 Å². The van der Waals surface area contributed by atoms with Gasteiger partial charge in [0.2, 0.25) is 0 Å². The quantitative estimate of drug-likeness (QED) is 0.550. The van der Waals surface area contributed by atoms with E-state index >= 15 is 0 Å². The Morgan fingerprint density at radius 3 is 2.15 bits per heavy atom. The molecule has 0 atom stereocenters. The van der Waals surface area contributed by atoms with Gasteiger partial charge in [-0.1, -0.05) is 57.2 Å². The van der Waals surface area contributed by atoms with Gasteiger partial charge in [0.25, 0.3) is 0 Å². The number of benzene rings is 1. The molecule has 0 fully saturated rings. The minimum absolute atomic E-state index is 0.164. The van der Waals surface area contributed by atoms with E-state index in [0.717, 1.165) is 17.9 Å². The summed E-state index contributed by atoms with van der Waals surface area (Å²) in [5.74, 6) is 0. The first-order chi connectivity index (χ1) is 12.4. The third-order valence-corrected chi connectivity index (χ3v) is 10.5. The van der Waals surface area contributed by atoms with Gasteiger partial charge in [0.1, 0.15) is 0 Å². The Balaban J connectivity index is 2.13. The van der Waals surface area contributed by atoms with Gasteiger partial charge >= 0.3 is 0 Å². The van der Waals surface area contributed by atoms with Crippen molar-refractivity contribution in [2.45, 2.75) is 71.4 Å². The molecule has 3 nitrogen and oxygen atoms in total. The molecule has 0 unspecified atom stereocenters. The first-order valence-corrected chi connectivity index (χ1v) is 12.7. The molecule has 0 saturated carbocycles. The molecule has 148 valence electrons. The van der Waals surface area contributed by atoms with Crippen LogP contribution in [-0.4, -0.2) is 25.2 Å². The van der Waals surface area contributed by atoms with Crippen LogP contribution in [0, 0.1) is 0 Å². The van der Waals surface area contributed by atoms with Gasteiger partial charge in [-0.2, -0.15) is 0 Å². The molecule has 27 heavy (non-hydrogen) atoms. The van der Waals surface area contributed by atoms with Crippen LogP contribution in [0.1, 0.15) is 51.6 Å². The number of rotatable bonds is 7. The summed E-state index contributed by atoms with van der Waals surface area (Å²) in [6.45, 7) is 17.3. The third-order valence-electron chi connectivity index (χ3n) is 6.04. The number of hydrogen-bond donors (Lipinski definition) is 0. The molecule has 0 aliphatic carbocycles. The zero-order chi connectivity index (χ0) is 20.3. The molecule has 0 spiro atoms. The summed E-state index contributed by atoms with van der Waals surface area (Å²) in [4.78, 5) is 7.30. The normalized spacial score (nSPS) is 13.2. The second kappa shape index (κ2) is 8.25. The van der Waals surface area contributed by atoms with Crippen molar-refractivity contribution in [2.75, 3.05) is 7.05 Å². The molecule has 0 N–H and O–H groups in total. The Morgan fingerprint density at radius 1 is 0.926 bits per heavy atom. The predicted molar refractivity (Wildman–Crippen MR) is 117 cm³/mol. The van der Waals surface area contributed by atoms with Crippen molar-refractivity contribution in [3.05, 3.63) is 65.5 Å². The fourth-order valence-corrected chi connectivity index (χ4v) is 3.56. The van der Waals surface area contributed by atoms with Crippen molar-refractivity contribution in [1.29, 1.82) is 0 Å². The van der Waals surface area contributed by atoms with Crippen molar-refractivity contribution >= 4 is 8.32 Å². The lowest BCUT2D eigenvalue weighted by molar-refractivity contribution is 0.142. The average Bonchev–Trinajstić information content (AvgIpc) is 2.60. The minimum atomic E-state index is -1.77. The molecule has 1 aromatic heterocycles. The van der Waals surface area contributed by atoms with Gasteiger partial charge in [0.05, 0.1) is 23.5 Å². The summed E-state index contributed by atoms with van der Waals surface area (Å²) < 4.78 is 6.37. The van der Waals surface area contributed by atoms with Crippen LogP contribution >= 0.6 is 0 Å². The predicted octanol–water partition coefficient (Wildman–Crippen LogP) is 5.97. The summed E-state index contributed by atoms with van der Waals surface area (Å²) in [5.41, 5.74) is 3.24. The van der Waals surface area contributed by atoms with E-state index in [9.17, 15) is 0 Å².